The lowest BCUT2D eigenvalue weighted by Gasteiger charge is -2.29. The molecule has 1 fully saturated rings. The summed E-state index contributed by atoms with van der Waals surface area (Å²) in [7, 11) is 1.64. The second-order valence-corrected chi connectivity index (χ2v) is 5.59. The van der Waals surface area contributed by atoms with Crippen LogP contribution in [0.2, 0.25) is 0 Å². The number of nitrogens with zero attached hydrogens (tertiary/aromatic N) is 6. The molecule has 2 heterocycles. The van der Waals surface area contributed by atoms with Crippen LogP contribution < -0.4 is 5.32 Å². The topological polar surface area (TPSA) is 96.2 Å². The van der Waals surface area contributed by atoms with Crippen LogP contribution in [0.15, 0.2) is 30.6 Å². The highest BCUT2D eigenvalue weighted by atomic mass is 35.5. The number of hydrogen-bond acceptors (Lipinski definition) is 6. The van der Waals surface area contributed by atoms with E-state index in [1.165, 1.54) is 15.9 Å². The van der Waals surface area contributed by atoms with Gasteiger partial charge < -0.3 is 15.1 Å². The summed E-state index contributed by atoms with van der Waals surface area (Å²) < 4.78 is 1.51. The maximum Gasteiger partial charge on any atom is 0.254 e. The molecule has 0 radical (unpaired) electrons. The van der Waals surface area contributed by atoms with E-state index in [2.05, 4.69) is 20.8 Å². The van der Waals surface area contributed by atoms with Gasteiger partial charge in [0.15, 0.2) is 0 Å². The van der Waals surface area contributed by atoms with Gasteiger partial charge in [-0.05, 0) is 34.7 Å². The van der Waals surface area contributed by atoms with Gasteiger partial charge in [-0.15, -0.1) is 17.5 Å². The summed E-state index contributed by atoms with van der Waals surface area (Å²) >= 11 is 0. The lowest BCUT2D eigenvalue weighted by molar-refractivity contribution is -0.132. The van der Waals surface area contributed by atoms with Gasteiger partial charge in [-0.2, -0.15) is 0 Å². The Morgan fingerprint density at radius 2 is 1.88 bits per heavy atom. The monoisotopic (exact) mass is 365 g/mol. The van der Waals surface area contributed by atoms with Crippen LogP contribution in [0.4, 0.5) is 0 Å². The summed E-state index contributed by atoms with van der Waals surface area (Å²) in [6.07, 6.45) is 1.48. The van der Waals surface area contributed by atoms with Gasteiger partial charge in [0.05, 0.1) is 12.2 Å². The number of benzene rings is 1. The van der Waals surface area contributed by atoms with Crippen molar-refractivity contribution in [3.8, 4) is 5.69 Å². The van der Waals surface area contributed by atoms with Gasteiger partial charge in [-0.1, -0.05) is 0 Å². The first-order valence-corrected chi connectivity index (χ1v) is 7.72. The third kappa shape index (κ3) is 4.52. The Bertz CT molecular complexity index is 699. The molecule has 3 rings (SSSR count). The molecule has 0 spiro atoms. The highest BCUT2D eigenvalue weighted by Crippen LogP contribution is 2.10. The number of amides is 2. The predicted octanol–water partition coefficient (Wildman–Crippen LogP) is -0.412. The van der Waals surface area contributed by atoms with E-state index in [1.54, 1.807) is 36.2 Å². The predicted molar refractivity (Wildman–Crippen MR) is 92.8 cm³/mol. The lowest BCUT2D eigenvalue weighted by Crippen LogP contribution is -2.49. The fourth-order valence-electron chi connectivity index (χ4n) is 2.55. The van der Waals surface area contributed by atoms with Crippen molar-refractivity contribution in [3.63, 3.8) is 0 Å². The first kappa shape index (κ1) is 18.8. The van der Waals surface area contributed by atoms with Crippen molar-refractivity contribution in [2.75, 3.05) is 39.8 Å². The highest BCUT2D eigenvalue weighted by molar-refractivity contribution is 5.96. The zero-order chi connectivity index (χ0) is 16.9. The second kappa shape index (κ2) is 8.54. The minimum Gasteiger partial charge on any atom is -0.339 e. The SMILES string of the molecule is CN(CC(=O)N1CCNCC1)C(=O)c1ccc(-n2cnnn2)cc1.Cl. The van der Waals surface area contributed by atoms with E-state index in [4.69, 9.17) is 0 Å². The van der Waals surface area contributed by atoms with Crippen molar-refractivity contribution in [2.45, 2.75) is 0 Å². The Balaban J connectivity index is 0.00000225. The molecule has 1 saturated heterocycles. The van der Waals surface area contributed by atoms with Crippen molar-refractivity contribution in [1.82, 2.24) is 35.3 Å². The Kier molecular flexibility index (Phi) is 6.43. The molecule has 134 valence electrons. The molecule has 25 heavy (non-hydrogen) atoms. The van der Waals surface area contributed by atoms with Crippen molar-refractivity contribution < 1.29 is 9.59 Å². The number of carbonyl (C=O) groups excluding carboxylic acids is 2. The minimum atomic E-state index is -0.193. The van der Waals surface area contributed by atoms with Crippen molar-refractivity contribution in [2.24, 2.45) is 0 Å². The molecule has 0 bridgehead atoms. The summed E-state index contributed by atoms with van der Waals surface area (Å²) in [5.74, 6) is -0.223. The van der Waals surface area contributed by atoms with Crippen LogP contribution in [0.5, 0.6) is 0 Å². The molecule has 0 saturated carbocycles. The van der Waals surface area contributed by atoms with Gasteiger partial charge in [-0.3, -0.25) is 9.59 Å². The molecular weight excluding hydrogens is 346 g/mol. The molecule has 0 aliphatic carbocycles. The average molecular weight is 366 g/mol. The molecule has 1 aliphatic rings. The third-order valence-corrected chi connectivity index (χ3v) is 3.92. The molecular formula is C15H20ClN7O2. The number of hydrogen-bond donors (Lipinski definition) is 1. The van der Waals surface area contributed by atoms with Crippen LogP contribution in [0.25, 0.3) is 5.69 Å². The van der Waals surface area contributed by atoms with E-state index >= 15 is 0 Å². The lowest BCUT2D eigenvalue weighted by atomic mass is 10.2. The van der Waals surface area contributed by atoms with Crippen LogP contribution in [-0.2, 0) is 4.79 Å². The normalized spacial score (nSPS) is 13.9. The van der Waals surface area contributed by atoms with E-state index < -0.39 is 0 Å². The summed E-state index contributed by atoms with van der Waals surface area (Å²) in [6.45, 7) is 3.03. The van der Waals surface area contributed by atoms with E-state index in [0.717, 1.165) is 18.8 Å². The van der Waals surface area contributed by atoms with Gasteiger partial charge in [-0.25, -0.2) is 4.68 Å². The number of rotatable bonds is 4. The highest BCUT2D eigenvalue weighted by Gasteiger charge is 2.20. The van der Waals surface area contributed by atoms with Gasteiger partial charge in [0, 0.05) is 38.8 Å². The van der Waals surface area contributed by atoms with Crippen LogP contribution in [0.1, 0.15) is 10.4 Å². The maximum absolute atomic E-state index is 12.5. The summed E-state index contributed by atoms with van der Waals surface area (Å²) in [4.78, 5) is 27.9. The van der Waals surface area contributed by atoms with Gasteiger partial charge in [0.25, 0.3) is 5.91 Å². The molecule has 0 atom stereocenters. The molecule has 1 N–H and O–H groups in total. The minimum absolute atomic E-state index is 0. The van der Waals surface area contributed by atoms with Gasteiger partial charge >= 0.3 is 0 Å². The Morgan fingerprint density at radius 1 is 1.20 bits per heavy atom. The summed E-state index contributed by atoms with van der Waals surface area (Å²) in [5, 5.41) is 14.1. The number of likely N-dealkylation sites (N-methyl/N-ethyl adjacent to an activating group) is 1. The quantitative estimate of drug-likeness (QED) is 0.791. The van der Waals surface area contributed by atoms with Crippen LogP contribution in [0, 0.1) is 0 Å². The molecule has 2 aromatic rings. The maximum atomic E-state index is 12.5. The number of carbonyl (C=O) groups is 2. The van der Waals surface area contributed by atoms with E-state index in [1.807, 2.05) is 0 Å². The molecule has 9 nitrogen and oxygen atoms in total. The number of aromatic nitrogens is 4. The summed E-state index contributed by atoms with van der Waals surface area (Å²) in [6, 6.07) is 6.92. The van der Waals surface area contributed by atoms with E-state index in [-0.39, 0.29) is 30.8 Å². The zero-order valence-corrected chi connectivity index (χ0v) is 14.6. The van der Waals surface area contributed by atoms with Crippen molar-refractivity contribution >= 4 is 24.2 Å². The first-order chi connectivity index (χ1) is 11.6. The van der Waals surface area contributed by atoms with E-state index in [9.17, 15) is 9.59 Å². The molecule has 1 aromatic heterocycles. The fraction of sp³-hybridized carbons (Fsp3) is 0.400. The third-order valence-electron chi connectivity index (χ3n) is 3.92. The first-order valence-electron chi connectivity index (χ1n) is 7.72. The van der Waals surface area contributed by atoms with Gasteiger partial charge in [0.2, 0.25) is 5.91 Å². The Labute approximate surface area is 151 Å². The zero-order valence-electron chi connectivity index (χ0n) is 13.8. The average Bonchev–Trinajstić information content (AvgIpc) is 3.16. The summed E-state index contributed by atoms with van der Waals surface area (Å²) in [5.41, 5.74) is 1.28. The molecule has 0 unspecified atom stereocenters. The molecule has 10 heteroatoms. The fourth-order valence-corrected chi connectivity index (χ4v) is 2.55. The van der Waals surface area contributed by atoms with Crippen LogP contribution in [0.3, 0.4) is 0 Å². The molecule has 2 amide bonds. The van der Waals surface area contributed by atoms with Crippen molar-refractivity contribution in [3.05, 3.63) is 36.2 Å². The number of nitrogens with one attached hydrogen (secondary N) is 1. The largest absolute Gasteiger partial charge is 0.339 e. The van der Waals surface area contributed by atoms with E-state index in [0.29, 0.717) is 18.7 Å². The Hall–Kier alpha value is -2.52. The standard InChI is InChI=1S/C15H19N7O2.ClH/c1-20(10-14(23)21-8-6-16-7-9-21)15(24)12-2-4-13(5-3-12)22-11-17-18-19-22;/h2-5,11,16H,6-10H2,1H3;1H. The molecule has 1 aliphatic heterocycles. The van der Waals surface area contributed by atoms with Crippen molar-refractivity contribution in [1.29, 1.82) is 0 Å². The second-order valence-electron chi connectivity index (χ2n) is 5.59. The smallest absolute Gasteiger partial charge is 0.254 e. The van der Waals surface area contributed by atoms with Crippen LogP contribution >= 0.6 is 12.4 Å². The number of halogens is 1. The van der Waals surface area contributed by atoms with Gasteiger partial charge in [0.1, 0.15) is 6.33 Å². The number of piperazine rings is 1. The Morgan fingerprint density at radius 3 is 2.48 bits per heavy atom. The number of tetrazole rings is 1. The molecule has 1 aromatic carbocycles. The van der Waals surface area contributed by atoms with Crippen LogP contribution in [-0.4, -0.2) is 81.6 Å².